The van der Waals surface area contributed by atoms with Gasteiger partial charge in [-0.2, -0.15) is 0 Å². The summed E-state index contributed by atoms with van der Waals surface area (Å²) in [4.78, 5) is 25.9. The zero-order valence-corrected chi connectivity index (χ0v) is 20.4. The van der Waals surface area contributed by atoms with Crippen molar-refractivity contribution in [2.45, 2.75) is 13.1 Å². The van der Waals surface area contributed by atoms with Gasteiger partial charge in [0.15, 0.2) is 0 Å². The lowest BCUT2D eigenvalue weighted by atomic mass is 10.1. The molecule has 184 valence electrons. The molecule has 5 rings (SSSR count). The van der Waals surface area contributed by atoms with Crippen LogP contribution in [0.2, 0.25) is 5.02 Å². The summed E-state index contributed by atoms with van der Waals surface area (Å²) in [6.07, 6.45) is 3.21. The van der Waals surface area contributed by atoms with Crippen molar-refractivity contribution >= 4 is 23.1 Å². The number of hydrogen-bond acceptors (Lipinski definition) is 8. The minimum Gasteiger partial charge on any atom is -0.507 e. The summed E-state index contributed by atoms with van der Waals surface area (Å²) in [5.74, 6) is 1.03. The van der Waals surface area contributed by atoms with E-state index in [1.54, 1.807) is 6.20 Å². The van der Waals surface area contributed by atoms with Gasteiger partial charge in [-0.3, -0.25) is 9.80 Å². The average molecular weight is 496 g/mol. The maximum Gasteiger partial charge on any atom is 0.343 e. The zero-order chi connectivity index (χ0) is 24.2. The van der Waals surface area contributed by atoms with Gasteiger partial charge in [0.2, 0.25) is 0 Å². The van der Waals surface area contributed by atoms with E-state index in [1.165, 1.54) is 6.26 Å². The van der Waals surface area contributed by atoms with Crippen LogP contribution in [0, 0.1) is 0 Å². The fourth-order valence-corrected chi connectivity index (χ4v) is 4.96. The predicted molar refractivity (Wildman–Crippen MR) is 137 cm³/mol. The number of anilines is 2. The van der Waals surface area contributed by atoms with Crippen molar-refractivity contribution in [3.8, 4) is 5.75 Å². The molecule has 0 atom stereocenters. The molecule has 0 aliphatic carbocycles. The minimum atomic E-state index is -0.468. The standard InChI is InChI=1S/C26H30ClN5O3/c27-21-4-3-5-22(16-21)31-12-8-29(9-13-31)17-20-19-35-26(34)23(25(20)33)18-30-10-14-32(15-11-30)24-6-1-2-7-28-24/h1-7,16,19,33H,8-15,17-18H2. The molecule has 1 aromatic carbocycles. The van der Waals surface area contributed by atoms with Crippen LogP contribution in [0.4, 0.5) is 11.5 Å². The van der Waals surface area contributed by atoms with Crippen molar-refractivity contribution in [1.29, 1.82) is 0 Å². The summed E-state index contributed by atoms with van der Waals surface area (Å²) >= 11 is 6.14. The third-order valence-corrected chi connectivity index (χ3v) is 7.05. The summed E-state index contributed by atoms with van der Waals surface area (Å²) in [6, 6.07) is 13.8. The van der Waals surface area contributed by atoms with Crippen molar-refractivity contribution < 1.29 is 9.52 Å². The Labute approximate surface area is 210 Å². The number of pyridine rings is 1. The van der Waals surface area contributed by atoms with Crippen LogP contribution in [0.15, 0.2) is 64.1 Å². The fourth-order valence-electron chi connectivity index (χ4n) is 4.77. The Bertz CT molecular complexity index is 1190. The quantitative estimate of drug-likeness (QED) is 0.559. The van der Waals surface area contributed by atoms with Gasteiger partial charge in [-0.25, -0.2) is 9.78 Å². The molecule has 0 saturated carbocycles. The Morgan fingerprint density at radius 3 is 2.29 bits per heavy atom. The van der Waals surface area contributed by atoms with Crippen LogP contribution >= 0.6 is 11.6 Å². The van der Waals surface area contributed by atoms with Crippen molar-refractivity contribution in [1.82, 2.24) is 14.8 Å². The molecule has 3 aromatic rings. The van der Waals surface area contributed by atoms with Crippen molar-refractivity contribution in [3.05, 3.63) is 81.5 Å². The summed E-state index contributed by atoms with van der Waals surface area (Å²) < 4.78 is 5.33. The molecular weight excluding hydrogens is 466 g/mol. The van der Waals surface area contributed by atoms with E-state index >= 15 is 0 Å². The van der Waals surface area contributed by atoms with E-state index in [0.717, 1.165) is 68.9 Å². The van der Waals surface area contributed by atoms with Crippen molar-refractivity contribution in [2.24, 2.45) is 0 Å². The van der Waals surface area contributed by atoms with Gasteiger partial charge in [0.1, 0.15) is 17.8 Å². The second-order valence-electron chi connectivity index (χ2n) is 9.07. The van der Waals surface area contributed by atoms with Crippen molar-refractivity contribution in [3.63, 3.8) is 0 Å². The minimum absolute atomic E-state index is 0.0608. The van der Waals surface area contributed by atoms with E-state index in [0.29, 0.717) is 24.2 Å². The first kappa shape index (κ1) is 23.7. The maximum atomic E-state index is 12.5. The molecule has 9 heteroatoms. The van der Waals surface area contributed by atoms with Crippen LogP contribution < -0.4 is 15.4 Å². The van der Waals surface area contributed by atoms with Crippen LogP contribution in [0.3, 0.4) is 0 Å². The molecule has 0 amide bonds. The number of aromatic hydroxyl groups is 1. The summed E-state index contributed by atoms with van der Waals surface area (Å²) in [6.45, 7) is 7.54. The van der Waals surface area contributed by atoms with E-state index in [2.05, 4.69) is 30.6 Å². The monoisotopic (exact) mass is 495 g/mol. The number of benzene rings is 1. The molecule has 2 fully saturated rings. The fraction of sp³-hybridized carbons (Fsp3) is 0.385. The number of aromatic nitrogens is 1. The highest BCUT2D eigenvalue weighted by Gasteiger charge is 2.24. The summed E-state index contributed by atoms with van der Waals surface area (Å²) in [5.41, 5.74) is 1.65. The van der Waals surface area contributed by atoms with E-state index in [9.17, 15) is 9.90 Å². The highest BCUT2D eigenvalue weighted by atomic mass is 35.5. The third-order valence-electron chi connectivity index (χ3n) is 6.81. The first-order chi connectivity index (χ1) is 17.1. The Morgan fingerprint density at radius 1 is 0.886 bits per heavy atom. The van der Waals surface area contributed by atoms with E-state index < -0.39 is 5.63 Å². The van der Waals surface area contributed by atoms with Gasteiger partial charge in [-0.05, 0) is 30.3 Å². The maximum absolute atomic E-state index is 12.5. The molecule has 2 saturated heterocycles. The summed E-state index contributed by atoms with van der Waals surface area (Å²) in [7, 11) is 0. The Kier molecular flexibility index (Phi) is 7.22. The first-order valence-electron chi connectivity index (χ1n) is 12.0. The van der Waals surface area contributed by atoms with Gasteiger partial charge in [-0.15, -0.1) is 0 Å². The van der Waals surface area contributed by atoms with Crippen LogP contribution in [0.1, 0.15) is 11.1 Å². The number of nitrogens with zero attached hydrogens (tertiary/aromatic N) is 5. The molecule has 4 heterocycles. The number of piperazine rings is 2. The van der Waals surface area contributed by atoms with Crippen LogP contribution in [0.25, 0.3) is 0 Å². The second kappa shape index (κ2) is 10.7. The van der Waals surface area contributed by atoms with Crippen molar-refractivity contribution in [2.75, 3.05) is 62.2 Å². The second-order valence-corrected chi connectivity index (χ2v) is 9.51. The predicted octanol–water partition coefficient (Wildman–Crippen LogP) is 3.04. The Balaban J connectivity index is 1.18. The highest BCUT2D eigenvalue weighted by molar-refractivity contribution is 6.30. The van der Waals surface area contributed by atoms with Crippen LogP contribution in [-0.4, -0.2) is 72.2 Å². The van der Waals surface area contributed by atoms with Gasteiger partial charge >= 0.3 is 5.63 Å². The lowest BCUT2D eigenvalue weighted by Gasteiger charge is -2.36. The summed E-state index contributed by atoms with van der Waals surface area (Å²) in [5, 5.41) is 11.7. The van der Waals surface area contributed by atoms with Gasteiger partial charge in [0, 0.05) is 87.9 Å². The number of halogens is 1. The van der Waals surface area contributed by atoms with Gasteiger partial charge in [0.05, 0.1) is 5.56 Å². The van der Waals surface area contributed by atoms with E-state index in [1.807, 2.05) is 36.4 Å². The lowest BCUT2D eigenvalue weighted by Crippen LogP contribution is -2.46. The smallest absolute Gasteiger partial charge is 0.343 e. The number of rotatable bonds is 6. The number of hydrogen-bond donors (Lipinski definition) is 1. The molecule has 2 aliphatic rings. The molecule has 2 aliphatic heterocycles. The SMILES string of the molecule is O=c1occ(CN2CCN(c3cccc(Cl)c3)CC2)c(O)c1CN1CCN(c2ccccn2)CC1. The van der Waals surface area contributed by atoms with Gasteiger partial charge < -0.3 is 19.3 Å². The van der Waals surface area contributed by atoms with E-state index in [-0.39, 0.29) is 5.75 Å². The Hall–Kier alpha value is -3.07. The molecule has 35 heavy (non-hydrogen) atoms. The van der Waals surface area contributed by atoms with Crippen LogP contribution in [-0.2, 0) is 13.1 Å². The molecule has 2 aromatic heterocycles. The molecule has 1 N–H and O–H groups in total. The normalized spacial score (nSPS) is 17.6. The lowest BCUT2D eigenvalue weighted by molar-refractivity contribution is 0.233. The largest absolute Gasteiger partial charge is 0.507 e. The van der Waals surface area contributed by atoms with E-state index in [4.69, 9.17) is 16.0 Å². The van der Waals surface area contributed by atoms with Gasteiger partial charge in [-0.1, -0.05) is 23.7 Å². The molecular formula is C26H30ClN5O3. The topological polar surface area (TPSA) is 76.3 Å². The Morgan fingerprint density at radius 2 is 1.60 bits per heavy atom. The first-order valence-corrected chi connectivity index (χ1v) is 12.4. The highest BCUT2D eigenvalue weighted by Crippen LogP contribution is 2.25. The zero-order valence-electron chi connectivity index (χ0n) is 19.6. The average Bonchev–Trinajstić information content (AvgIpc) is 2.89. The van der Waals surface area contributed by atoms with Gasteiger partial charge in [0.25, 0.3) is 0 Å². The molecule has 0 spiro atoms. The van der Waals surface area contributed by atoms with Crippen LogP contribution in [0.5, 0.6) is 5.75 Å². The molecule has 8 nitrogen and oxygen atoms in total. The molecule has 0 unspecified atom stereocenters. The molecule has 0 bridgehead atoms. The third kappa shape index (κ3) is 5.61. The molecule has 0 radical (unpaired) electrons.